The number of amides is 1. The van der Waals surface area contributed by atoms with Crippen LogP contribution in [0.1, 0.15) is 18.3 Å². The summed E-state index contributed by atoms with van der Waals surface area (Å²) in [6.07, 6.45) is -4.73. The van der Waals surface area contributed by atoms with E-state index < -0.39 is 23.2 Å². The van der Waals surface area contributed by atoms with Crippen molar-refractivity contribution < 1.29 is 18.0 Å². The minimum Gasteiger partial charge on any atom is -0.335 e. The summed E-state index contributed by atoms with van der Waals surface area (Å²) in [4.78, 5) is 12.1. The van der Waals surface area contributed by atoms with Crippen LogP contribution in [0.15, 0.2) is 29.4 Å². The fraction of sp³-hybridized carbons (Fsp3) is 0.231. The molecule has 0 aliphatic heterocycles. The summed E-state index contributed by atoms with van der Waals surface area (Å²) in [5.74, 6) is 3.51. The van der Waals surface area contributed by atoms with Gasteiger partial charge in [-0.1, -0.05) is 11.8 Å². The number of carbonyl (C=O) groups excluding carboxylic acids is 1. The largest absolute Gasteiger partial charge is 0.453 e. The third kappa shape index (κ3) is 3.96. The molecule has 7 nitrogen and oxygen atoms in total. The Morgan fingerprint density at radius 3 is 2.50 bits per heavy atom. The smallest absolute Gasteiger partial charge is 0.335 e. The number of hydrogen-bond donors (Lipinski definition) is 2. The molecular formula is C13H11F3N6OS. The number of nitriles is 1. The summed E-state index contributed by atoms with van der Waals surface area (Å²) in [5, 5.41) is 16.6. The molecule has 1 heterocycles. The Kier molecular flexibility index (Phi) is 4.99. The van der Waals surface area contributed by atoms with E-state index in [4.69, 9.17) is 11.1 Å². The molecule has 0 unspecified atom stereocenters. The van der Waals surface area contributed by atoms with Crippen LogP contribution in [0, 0.1) is 11.3 Å². The second kappa shape index (κ2) is 6.79. The number of anilines is 1. The first-order chi connectivity index (χ1) is 11.2. The number of nitrogen functional groups attached to an aromatic ring is 1. The fourth-order valence-electron chi connectivity index (χ4n) is 1.63. The molecule has 3 N–H and O–H groups in total. The van der Waals surface area contributed by atoms with Crippen LogP contribution in [0.3, 0.4) is 0 Å². The number of benzene rings is 1. The molecule has 0 aliphatic rings. The van der Waals surface area contributed by atoms with Gasteiger partial charge in [0, 0.05) is 5.69 Å². The van der Waals surface area contributed by atoms with Crippen LogP contribution >= 0.6 is 11.8 Å². The highest BCUT2D eigenvalue weighted by molar-refractivity contribution is 8.00. The highest BCUT2D eigenvalue weighted by Crippen LogP contribution is 2.30. The number of nitrogens with two attached hydrogens (primary N) is 1. The number of nitrogens with zero attached hydrogens (tertiary/aromatic N) is 4. The first kappa shape index (κ1) is 17.6. The number of nitrogens with one attached hydrogen (secondary N) is 1. The van der Waals surface area contributed by atoms with Crippen molar-refractivity contribution in [3.05, 3.63) is 35.7 Å². The first-order valence-electron chi connectivity index (χ1n) is 6.47. The number of halogens is 3. The molecule has 0 saturated carbocycles. The van der Waals surface area contributed by atoms with Crippen molar-refractivity contribution in [2.75, 3.05) is 11.2 Å². The lowest BCUT2D eigenvalue weighted by Gasteiger charge is -2.12. The van der Waals surface area contributed by atoms with Crippen LogP contribution in [-0.2, 0) is 11.0 Å². The lowest BCUT2D eigenvalue weighted by Crippen LogP contribution is -2.25. The number of carbonyl (C=O) groups is 1. The van der Waals surface area contributed by atoms with E-state index >= 15 is 0 Å². The molecule has 0 saturated heterocycles. The van der Waals surface area contributed by atoms with E-state index in [0.717, 1.165) is 11.8 Å². The minimum absolute atomic E-state index is 0.232. The normalized spacial score (nSPS) is 12.5. The first-order valence-corrected chi connectivity index (χ1v) is 7.35. The summed E-state index contributed by atoms with van der Waals surface area (Å²) in [7, 11) is 0. The molecule has 24 heavy (non-hydrogen) atoms. The van der Waals surface area contributed by atoms with Gasteiger partial charge in [-0.3, -0.25) is 4.79 Å². The Labute approximate surface area is 138 Å². The molecule has 1 atom stereocenters. The van der Waals surface area contributed by atoms with Crippen LogP contribution in [0.25, 0.3) is 0 Å². The minimum atomic E-state index is -4.73. The van der Waals surface area contributed by atoms with Gasteiger partial charge in [0.2, 0.25) is 11.1 Å². The van der Waals surface area contributed by atoms with Crippen molar-refractivity contribution in [3.63, 3.8) is 0 Å². The maximum atomic E-state index is 12.6. The molecule has 126 valence electrons. The summed E-state index contributed by atoms with van der Waals surface area (Å²) in [6, 6.07) is 8.08. The number of aromatic nitrogens is 3. The van der Waals surface area contributed by atoms with Crippen LogP contribution in [0.2, 0.25) is 0 Å². The molecule has 2 aromatic rings. The van der Waals surface area contributed by atoms with E-state index in [2.05, 4.69) is 15.5 Å². The van der Waals surface area contributed by atoms with Gasteiger partial charge in [0.1, 0.15) is 0 Å². The van der Waals surface area contributed by atoms with Gasteiger partial charge in [0.05, 0.1) is 16.9 Å². The van der Waals surface area contributed by atoms with E-state index in [-0.39, 0.29) is 5.16 Å². The van der Waals surface area contributed by atoms with Crippen molar-refractivity contribution in [1.82, 2.24) is 14.9 Å². The van der Waals surface area contributed by atoms with E-state index in [0.29, 0.717) is 15.9 Å². The molecule has 1 aromatic heterocycles. The lowest BCUT2D eigenvalue weighted by molar-refractivity contribution is -0.146. The van der Waals surface area contributed by atoms with Gasteiger partial charge in [-0.2, -0.15) is 18.4 Å². The summed E-state index contributed by atoms with van der Waals surface area (Å²) >= 11 is 0.742. The Morgan fingerprint density at radius 2 is 2.00 bits per heavy atom. The topological polar surface area (TPSA) is 110 Å². The average molecular weight is 356 g/mol. The molecule has 0 fully saturated rings. The van der Waals surface area contributed by atoms with E-state index in [1.807, 2.05) is 6.07 Å². The van der Waals surface area contributed by atoms with Gasteiger partial charge < -0.3 is 11.2 Å². The second-order valence-electron chi connectivity index (χ2n) is 4.61. The lowest BCUT2D eigenvalue weighted by atomic mass is 10.2. The Hall–Kier alpha value is -2.74. The van der Waals surface area contributed by atoms with Crippen molar-refractivity contribution in [2.45, 2.75) is 23.5 Å². The van der Waals surface area contributed by atoms with Crippen molar-refractivity contribution >= 4 is 23.4 Å². The number of alkyl halides is 3. The number of rotatable bonds is 4. The van der Waals surface area contributed by atoms with Gasteiger partial charge in [-0.25, -0.2) is 4.68 Å². The molecule has 0 aliphatic carbocycles. The summed E-state index contributed by atoms with van der Waals surface area (Å²) in [5.41, 5.74) is 0.892. The summed E-state index contributed by atoms with van der Waals surface area (Å²) < 4.78 is 38.1. The fourth-order valence-corrected chi connectivity index (χ4v) is 2.40. The van der Waals surface area contributed by atoms with Crippen LogP contribution in [0.4, 0.5) is 18.9 Å². The standard InChI is InChI=1S/C13H11F3N6OS/c1-7(10(23)19-9-4-2-8(6-17)3-5-9)24-12-21-20-11(22(12)18)13(14,15)16/h2-5,7H,18H2,1H3,(H,19,23)/t7-/m1/s1. The Morgan fingerprint density at radius 1 is 1.38 bits per heavy atom. The van der Waals surface area contributed by atoms with E-state index in [1.54, 1.807) is 12.1 Å². The van der Waals surface area contributed by atoms with Crippen LogP contribution in [0.5, 0.6) is 0 Å². The Balaban J connectivity index is 2.04. The van der Waals surface area contributed by atoms with Gasteiger partial charge in [0.25, 0.3) is 5.82 Å². The molecular weight excluding hydrogens is 345 g/mol. The third-order valence-electron chi connectivity index (χ3n) is 2.85. The van der Waals surface area contributed by atoms with E-state index in [9.17, 15) is 18.0 Å². The maximum Gasteiger partial charge on any atom is 0.453 e. The molecule has 1 aromatic carbocycles. The van der Waals surface area contributed by atoms with Crippen LogP contribution in [-0.4, -0.2) is 26.0 Å². The predicted molar refractivity (Wildman–Crippen MR) is 80.3 cm³/mol. The van der Waals surface area contributed by atoms with Gasteiger partial charge >= 0.3 is 6.18 Å². The number of hydrogen-bond acceptors (Lipinski definition) is 6. The monoisotopic (exact) mass is 356 g/mol. The zero-order valence-electron chi connectivity index (χ0n) is 12.2. The van der Waals surface area contributed by atoms with Gasteiger partial charge in [0.15, 0.2) is 0 Å². The molecule has 0 spiro atoms. The molecule has 0 radical (unpaired) electrons. The highest BCUT2D eigenvalue weighted by atomic mass is 32.2. The second-order valence-corrected chi connectivity index (χ2v) is 5.92. The zero-order chi connectivity index (χ0) is 17.9. The molecule has 1 amide bonds. The van der Waals surface area contributed by atoms with Crippen LogP contribution < -0.4 is 11.2 Å². The Bertz CT molecular complexity index is 780. The molecule has 0 bridgehead atoms. The van der Waals surface area contributed by atoms with Crippen molar-refractivity contribution in [3.8, 4) is 6.07 Å². The van der Waals surface area contributed by atoms with Gasteiger partial charge in [-0.05, 0) is 31.2 Å². The predicted octanol–water partition coefficient (Wildman–Crippen LogP) is 2.00. The number of thioether (sulfide) groups is 1. The van der Waals surface area contributed by atoms with Crippen molar-refractivity contribution in [1.29, 1.82) is 5.26 Å². The average Bonchev–Trinajstić information content (AvgIpc) is 2.89. The van der Waals surface area contributed by atoms with Crippen molar-refractivity contribution in [2.24, 2.45) is 0 Å². The van der Waals surface area contributed by atoms with Gasteiger partial charge in [-0.15, -0.1) is 10.2 Å². The SMILES string of the molecule is C[C@@H](Sc1nnc(C(F)(F)F)n1N)C(=O)Nc1ccc(C#N)cc1. The maximum absolute atomic E-state index is 12.6. The summed E-state index contributed by atoms with van der Waals surface area (Å²) in [6.45, 7) is 1.49. The highest BCUT2D eigenvalue weighted by Gasteiger charge is 2.38. The third-order valence-corrected chi connectivity index (χ3v) is 3.91. The molecule has 11 heteroatoms. The quantitative estimate of drug-likeness (QED) is 0.640. The zero-order valence-corrected chi connectivity index (χ0v) is 13.0. The molecule has 2 rings (SSSR count). The van der Waals surface area contributed by atoms with E-state index in [1.165, 1.54) is 19.1 Å².